The van der Waals surface area contributed by atoms with E-state index >= 15 is 0 Å². The lowest BCUT2D eigenvalue weighted by Gasteiger charge is -2.10. The second kappa shape index (κ2) is 2.94. The second-order valence-corrected chi connectivity index (χ2v) is 1.49. The smallest absolute Gasteiger partial charge is 0.282 e. The molecule has 50 valence electrons. The maximum absolute atomic E-state index is 11.9. The number of methoxy groups -OCH3 is 1. The molecule has 0 atom stereocenters. The van der Waals surface area contributed by atoms with Crippen molar-refractivity contribution in [1.29, 1.82) is 0 Å². The Morgan fingerprint density at radius 1 is 1.62 bits per heavy atom. The summed E-state index contributed by atoms with van der Waals surface area (Å²) in [6.07, 6.45) is 0. The molecule has 0 radical (unpaired) electrons. The highest BCUT2D eigenvalue weighted by molar-refractivity contribution is 4.63. The molecule has 8 heavy (non-hydrogen) atoms. The van der Waals surface area contributed by atoms with E-state index in [0.717, 1.165) is 0 Å². The minimum atomic E-state index is -2.85. The summed E-state index contributed by atoms with van der Waals surface area (Å²) in [5, 5.41) is 0. The first-order valence-electron chi connectivity index (χ1n) is 2.19. The standard InChI is InChI=1S/C4H9F2NO/c1-8-3-4(5,6)2-7/h2-3,7H2,1H3. The maximum atomic E-state index is 11.9. The van der Waals surface area contributed by atoms with Gasteiger partial charge >= 0.3 is 0 Å². The fourth-order valence-corrected chi connectivity index (χ4v) is 0.270. The molecule has 0 aliphatic rings. The minimum Gasteiger partial charge on any atom is -0.378 e. The van der Waals surface area contributed by atoms with Gasteiger partial charge in [-0.2, -0.15) is 0 Å². The molecule has 2 N–H and O–H groups in total. The summed E-state index contributed by atoms with van der Waals surface area (Å²) < 4.78 is 28.0. The first-order chi connectivity index (χ1) is 3.62. The number of ether oxygens (including phenoxy) is 1. The Labute approximate surface area is 46.6 Å². The summed E-state index contributed by atoms with van der Waals surface area (Å²) in [6.45, 7) is -1.25. The van der Waals surface area contributed by atoms with Crippen LogP contribution in [0.25, 0.3) is 0 Å². The predicted octanol–water partition coefficient (Wildman–Crippen LogP) is 0.227. The van der Waals surface area contributed by atoms with Gasteiger partial charge in [0.05, 0.1) is 6.54 Å². The molecular formula is C4H9F2NO. The fraction of sp³-hybridized carbons (Fsp3) is 1.00. The molecule has 0 spiro atoms. The van der Waals surface area contributed by atoms with Crippen LogP contribution < -0.4 is 5.73 Å². The van der Waals surface area contributed by atoms with Crippen molar-refractivity contribution in [2.45, 2.75) is 5.92 Å². The van der Waals surface area contributed by atoms with Crippen LogP contribution in [0.15, 0.2) is 0 Å². The average Bonchev–Trinajstić information content (AvgIpc) is 1.67. The maximum Gasteiger partial charge on any atom is 0.282 e. The predicted molar refractivity (Wildman–Crippen MR) is 25.9 cm³/mol. The van der Waals surface area contributed by atoms with Gasteiger partial charge in [0, 0.05) is 7.11 Å². The normalized spacial score (nSPS) is 12.0. The lowest BCUT2D eigenvalue weighted by Crippen LogP contribution is -2.32. The van der Waals surface area contributed by atoms with Gasteiger partial charge in [-0.1, -0.05) is 0 Å². The fourth-order valence-electron chi connectivity index (χ4n) is 0.270. The zero-order valence-corrected chi connectivity index (χ0v) is 4.66. The van der Waals surface area contributed by atoms with Crippen LogP contribution in [-0.4, -0.2) is 26.2 Å². The van der Waals surface area contributed by atoms with E-state index in [9.17, 15) is 8.78 Å². The molecule has 0 aromatic heterocycles. The second-order valence-electron chi connectivity index (χ2n) is 1.49. The Balaban J connectivity index is 3.37. The van der Waals surface area contributed by atoms with Gasteiger partial charge in [-0.15, -0.1) is 0 Å². The molecule has 0 amide bonds. The number of alkyl halides is 2. The van der Waals surface area contributed by atoms with Gasteiger partial charge in [0.2, 0.25) is 0 Å². The third kappa shape index (κ3) is 2.87. The quantitative estimate of drug-likeness (QED) is 0.585. The van der Waals surface area contributed by atoms with Gasteiger partial charge in [-0.25, -0.2) is 8.78 Å². The molecular weight excluding hydrogens is 116 g/mol. The van der Waals surface area contributed by atoms with Crippen molar-refractivity contribution in [2.24, 2.45) is 5.73 Å². The van der Waals surface area contributed by atoms with Gasteiger partial charge in [0.25, 0.3) is 5.92 Å². The molecule has 0 aliphatic heterocycles. The summed E-state index contributed by atoms with van der Waals surface area (Å²) in [5.74, 6) is -2.85. The number of halogens is 2. The molecule has 0 aliphatic carbocycles. The zero-order chi connectivity index (χ0) is 6.62. The van der Waals surface area contributed by atoms with Gasteiger partial charge in [-0.3, -0.25) is 0 Å². The van der Waals surface area contributed by atoms with Crippen molar-refractivity contribution in [3.63, 3.8) is 0 Å². The van der Waals surface area contributed by atoms with E-state index in [1.165, 1.54) is 7.11 Å². The summed E-state index contributed by atoms with van der Waals surface area (Å²) in [6, 6.07) is 0. The van der Waals surface area contributed by atoms with E-state index in [-0.39, 0.29) is 0 Å². The number of rotatable bonds is 3. The third-order valence-corrected chi connectivity index (χ3v) is 0.654. The molecule has 0 aromatic carbocycles. The summed E-state index contributed by atoms with van der Waals surface area (Å²) in [5.41, 5.74) is 4.66. The van der Waals surface area contributed by atoms with Gasteiger partial charge < -0.3 is 10.5 Å². The van der Waals surface area contributed by atoms with E-state index in [4.69, 9.17) is 0 Å². The summed E-state index contributed by atoms with van der Waals surface area (Å²) in [4.78, 5) is 0. The molecule has 0 heterocycles. The lowest BCUT2D eigenvalue weighted by atomic mass is 10.4. The van der Waals surface area contributed by atoms with Crippen LogP contribution in [0.4, 0.5) is 8.78 Å². The van der Waals surface area contributed by atoms with Crippen LogP contribution >= 0.6 is 0 Å². The number of hydrogen-bond donors (Lipinski definition) is 1. The molecule has 0 bridgehead atoms. The third-order valence-electron chi connectivity index (χ3n) is 0.654. The first kappa shape index (κ1) is 7.78. The van der Waals surface area contributed by atoms with Crippen molar-refractivity contribution < 1.29 is 13.5 Å². The first-order valence-corrected chi connectivity index (χ1v) is 2.19. The van der Waals surface area contributed by atoms with E-state index < -0.39 is 19.1 Å². The Kier molecular flexibility index (Phi) is 2.86. The van der Waals surface area contributed by atoms with E-state index in [1.807, 2.05) is 0 Å². The molecule has 0 saturated carbocycles. The largest absolute Gasteiger partial charge is 0.378 e. The number of nitrogens with two attached hydrogens (primary N) is 1. The van der Waals surface area contributed by atoms with Crippen molar-refractivity contribution in [3.05, 3.63) is 0 Å². The topological polar surface area (TPSA) is 35.2 Å². The molecule has 0 unspecified atom stereocenters. The van der Waals surface area contributed by atoms with Crippen LogP contribution in [0, 0.1) is 0 Å². The lowest BCUT2D eigenvalue weighted by molar-refractivity contribution is -0.0557. The molecule has 0 aromatic rings. The summed E-state index contributed by atoms with van der Waals surface area (Å²) >= 11 is 0. The van der Waals surface area contributed by atoms with E-state index in [2.05, 4.69) is 10.5 Å². The van der Waals surface area contributed by atoms with Crippen LogP contribution in [-0.2, 0) is 4.74 Å². The average molecular weight is 125 g/mol. The molecule has 0 fully saturated rings. The Bertz CT molecular complexity index is 67.1. The van der Waals surface area contributed by atoms with Crippen molar-refractivity contribution >= 4 is 0 Å². The van der Waals surface area contributed by atoms with Crippen molar-refractivity contribution in [3.8, 4) is 0 Å². The van der Waals surface area contributed by atoms with E-state index in [0.29, 0.717) is 0 Å². The Morgan fingerprint density at radius 2 is 2.12 bits per heavy atom. The monoisotopic (exact) mass is 125 g/mol. The zero-order valence-electron chi connectivity index (χ0n) is 4.66. The minimum absolute atomic E-state index is 0.594. The van der Waals surface area contributed by atoms with Crippen LogP contribution in [0.1, 0.15) is 0 Å². The summed E-state index contributed by atoms with van der Waals surface area (Å²) in [7, 11) is 1.21. The van der Waals surface area contributed by atoms with Gasteiger partial charge in [-0.05, 0) is 0 Å². The van der Waals surface area contributed by atoms with Crippen LogP contribution in [0.5, 0.6) is 0 Å². The Hall–Kier alpha value is -0.220. The SMILES string of the molecule is COCC(F)(F)CN. The molecule has 4 heteroatoms. The highest BCUT2D eigenvalue weighted by atomic mass is 19.3. The Morgan fingerprint density at radius 3 is 2.25 bits per heavy atom. The molecule has 2 nitrogen and oxygen atoms in total. The van der Waals surface area contributed by atoms with E-state index in [1.54, 1.807) is 0 Å². The number of hydrogen-bond acceptors (Lipinski definition) is 2. The van der Waals surface area contributed by atoms with Crippen LogP contribution in [0.2, 0.25) is 0 Å². The van der Waals surface area contributed by atoms with Crippen molar-refractivity contribution in [1.82, 2.24) is 0 Å². The highest BCUT2D eigenvalue weighted by Crippen LogP contribution is 2.09. The van der Waals surface area contributed by atoms with Gasteiger partial charge in [0.15, 0.2) is 0 Å². The molecule has 0 saturated heterocycles. The highest BCUT2D eigenvalue weighted by Gasteiger charge is 2.25. The van der Waals surface area contributed by atoms with Gasteiger partial charge in [0.1, 0.15) is 6.61 Å². The van der Waals surface area contributed by atoms with Crippen LogP contribution in [0.3, 0.4) is 0 Å². The molecule has 0 rings (SSSR count). The van der Waals surface area contributed by atoms with Crippen molar-refractivity contribution in [2.75, 3.05) is 20.3 Å².